The maximum absolute atomic E-state index is 14.2. The SMILES string of the molecule is CCOC(=O)/C(=C/N(CCNC(=O)OC(C)(C)C)C1CCC1)C(=O)c1cc(F)c(F)c(F)c1F. The molecule has 1 aromatic carbocycles. The molecule has 1 aliphatic carbocycles. The molecule has 188 valence electrons. The fourth-order valence-electron chi connectivity index (χ4n) is 3.13. The van der Waals surface area contributed by atoms with Crippen LogP contribution in [0.25, 0.3) is 0 Å². The van der Waals surface area contributed by atoms with Gasteiger partial charge >= 0.3 is 12.1 Å². The van der Waals surface area contributed by atoms with Crippen LogP contribution in [0.5, 0.6) is 0 Å². The summed E-state index contributed by atoms with van der Waals surface area (Å²) in [5.41, 5.74) is -2.53. The Morgan fingerprint density at radius 3 is 2.29 bits per heavy atom. The second-order valence-corrected chi connectivity index (χ2v) is 8.69. The lowest BCUT2D eigenvalue weighted by Crippen LogP contribution is -2.43. The van der Waals surface area contributed by atoms with Crippen LogP contribution in [0.3, 0.4) is 0 Å². The molecule has 0 radical (unpaired) electrons. The van der Waals surface area contributed by atoms with Crippen LogP contribution in [0, 0.1) is 23.3 Å². The van der Waals surface area contributed by atoms with E-state index in [2.05, 4.69) is 5.32 Å². The number of Topliss-reactive ketones (excluding diaryl/α,β-unsaturated/α-hetero) is 1. The van der Waals surface area contributed by atoms with Crippen molar-refractivity contribution in [1.29, 1.82) is 0 Å². The fourth-order valence-corrected chi connectivity index (χ4v) is 3.13. The van der Waals surface area contributed by atoms with Gasteiger partial charge in [0, 0.05) is 25.3 Å². The molecule has 0 unspecified atom stereocenters. The summed E-state index contributed by atoms with van der Waals surface area (Å²) in [5, 5.41) is 2.56. The van der Waals surface area contributed by atoms with Crippen molar-refractivity contribution in [3.63, 3.8) is 0 Å². The van der Waals surface area contributed by atoms with Gasteiger partial charge in [-0.25, -0.2) is 27.2 Å². The van der Waals surface area contributed by atoms with Gasteiger partial charge in [0.25, 0.3) is 0 Å². The Bertz CT molecular complexity index is 971. The third-order valence-corrected chi connectivity index (χ3v) is 4.96. The molecule has 2 rings (SSSR count). The second-order valence-electron chi connectivity index (χ2n) is 8.69. The zero-order chi connectivity index (χ0) is 25.6. The van der Waals surface area contributed by atoms with E-state index in [1.165, 1.54) is 6.92 Å². The minimum absolute atomic E-state index is 0.0837. The smallest absolute Gasteiger partial charge is 0.407 e. The monoisotopic (exact) mass is 488 g/mol. The summed E-state index contributed by atoms with van der Waals surface area (Å²) in [6.45, 7) is 6.69. The first-order valence-corrected chi connectivity index (χ1v) is 10.8. The standard InChI is InChI=1S/C23H28F4N2O5/c1-5-33-21(31)15(20(30)14-11-16(24)18(26)19(27)17(14)25)12-29(13-7-6-8-13)10-9-28-22(32)34-23(2,3)4/h11-13H,5-10H2,1-4H3,(H,28,32)/b15-12+. The highest BCUT2D eigenvalue weighted by atomic mass is 19.2. The number of alkyl carbamates (subject to hydrolysis) is 1. The minimum atomic E-state index is -2.16. The maximum atomic E-state index is 14.2. The molecule has 0 aromatic heterocycles. The van der Waals surface area contributed by atoms with E-state index in [0.717, 1.165) is 25.5 Å². The van der Waals surface area contributed by atoms with Gasteiger partial charge in [-0.15, -0.1) is 0 Å². The summed E-state index contributed by atoms with van der Waals surface area (Å²) in [7, 11) is 0. The summed E-state index contributed by atoms with van der Waals surface area (Å²) in [5.74, 6) is -10.4. The van der Waals surface area contributed by atoms with Gasteiger partial charge in [0.05, 0.1) is 12.2 Å². The van der Waals surface area contributed by atoms with E-state index in [1.807, 2.05) is 0 Å². The molecule has 0 bridgehead atoms. The van der Waals surface area contributed by atoms with Crippen LogP contribution in [0.4, 0.5) is 22.4 Å². The summed E-state index contributed by atoms with van der Waals surface area (Å²) in [4.78, 5) is 38.9. The average Bonchev–Trinajstić information content (AvgIpc) is 2.69. The number of nitrogens with one attached hydrogen (secondary N) is 1. The third-order valence-electron chi connectivity index (χ3n) is 4.96. The number of hydrogen-bond acceptors (Lipinski definition) is 6. The molecule has 1 N–H and O–H groups in total. The second kappa shape index (κ2) is 11.3. The van der Waals surface area contributed by atoms with Gasteiger partial charge in [-0.05, 0) is 53.0 Å². The zero-order valence-electron chi connectivity index (χ0n) is 19.5. The lowest BCUT2D eigenvalue weighted by Gasteiger charge is -2.37. The number of ether oxygens (including phenoxy) is 2. The fraction of sp³-hybridized carbons (Fsp3) is 0.522. The molecule has 11 heteroatoms. The largest absolute Gasteiger partial charge is 0.462 e. The summed E-state index contributed by atoms with van der Waals surface area (Å²) >= 11 is 0. The normalized spacial score (nSPS) is 14.3. The van der Waals surface area contributed by atoms with Crippen LogP contribution in [0.1, 0.15) is 57.3 Å². The molecule has 0 spiro atoms. The van der Waals surface area contributed by atoms with Crippen LogP contribution in [0.2, 0.25) is 0 Å². The molecule has 0 heterocycles. The van der Waals surface area contributed by atoms with E-state index in [-0.39, 0.29) is 31.8 Å². The van der Waals surface area contributed by atoms with Crippen LogP contribution in [0.15, 0.2) is 17.8 Å². The van der Waals surface area contributed by atoms with E-state index >= 15 is 0 Å². The minimum Gasteiger partial charge on any atom is -0.462 e. The van der Waals surface area contributed by atoms with Gasteiger partial charge in [0.2, 0.25) is 5.78 Å². The number of carbonyl (C=O) groups is 3. The number of benzene rings is 1. The number of rotatable bonds is 9. The van der Waals surface area contributed by atoms with Gasteiger partial charge in [0.15, 0.2) is 23.3 Å². The Labute approximate surface area is 195 Å². The lowest BCUT2D eigenvalue weighted by atomic mass is 9.91. The van der Waals surface area contributed by atoms with E-state index in [0.29, 0.717) is 0 Å². The summed E-state index contributed by atoms with van der Waals surface area (Å²) in [6.07, 6.45) is 2.80. The first kappa shape index (κ1) is 27.1. The molecular weight excluding hydrogens is 460 g/mol. The van der Waals surface area contributed by atoms with Crippen LogP contribution in [-0.4, -0.2) is 54.1 Å². The summed E-state index contributed by atoms with van der Waals surface area (Å²) in [6, 6.07) is 0.102. The van der Waals surface area contributed by atoms with Gasteiger partial charge in [0.1, 0.15) is 11.2 Å². The molecule has 0 aliphatic heterocycles. The zero-order valence-corrected chi connectivity index (χ0v) is 19.5. The van der Waals surface area contributed by atoms with E-state index < -0.39 is 57.9 Å². The van der Waals surface area contributed by atoms with Crippen molar-refractivity contribution in [2.75, 3.05) is 19.7 Å². The van der Waals surface area contributed by atoms with Gasteiger partial charge in [-0.3, -0.25) is 4.79 Å². The number of hydrogen-bond donors (Lipinski definition) is 1. The Morgan fingerprint density at radius 1 is 1.12 bits per heavy atom. The Hall–Kier alpha value is -3.11. The molecule has 34 heavy (non-hydrogen) atoms. The van der Waals surface area contributed by atoms with Crippen molar-refractivity contribution >= 4 is 17.8 Å². The maximum Gasteiger partial charge on any atom is 0.407 e. The average molecular weight is 488 g/mol. The number of nitrogens with zero attached hydrogens (tertiary/aromatic N) is 1. The highest BCUT2D eigenvalue weighted by molar-refractivity contribution is 6.24. The first-order chi connectivity index (χ1) is 15.9. The van der Waals surface area contributed by atoms with Gasteiger partial charge in [-0.2, -0.15) is 0 Å². The summed E-state index contributed by atoms with van der Waals surface area (Å²) < 4.78 is 65.0. The van der Waals surface area contributed by atoms with Gasteiger partial charge < -0.3 is 19.7 Å². The highest BCUT2D eigenvalue weighted by Gasteiger charge is 2.31. The predicted molar refractivity (Wildman–Crippen MR) is 114 cm³/mol. The Morgan fingerprint density at radius 2 is 1.76 bits per heavy atom. The van der Waals surface area contributed by atoms with Crippen molar-refractivity contribution < 1.29 is 41.4 Å². The Kier molecular flexibility index (Phi) is 9.06. The van der Waals surface area contributed by atoms with Crippen molar-refractivity contribution in [2.45, 2.75) is 58.6 Å². The van der Waals surface area contributed by atoms with Crippen molar-refractivity contribution in [3.05, 3.63) is 46.7 Å². The van der Waals surface area contributed by atoms with Crippen molar-refractivity contribution in [2.24, 2.45) is 0 Å². The molecular formula is C23H28F4N2O5. The van der Waals surface area contributed by atoms with Crippen LogP contribution in [-0.2, 0) is 14.3 Å². The number of carbonyl (C=O) groups excluding carboxylic acids is 3. The molecule has 0 atom stereocenters. The third kappa shape index (κ3) is 6.94. The molecule has 0 saturated heterocycles. The van der Waals surface area contributed by atoms with E-state index in [9.17, 15) is 31.9 Å². The molecule has 1 amide bonds. The van der Waals surface area contributed by atoms with Crippen molar-refractivity contribution in [3.8, 4) is 0 Å². The molecule has 1 aromatic rings. The number of ketones is 1. The lowest BCUT2D eigenvalue weighted by molar-refractivity contribution is -0.138. The highest BCUT2D eigenvalue weighted by Crippen LogP contribution is 2.27. The van der Waals surface area contributed by atoms with Crippen molar-refractivity contribution in [1.82, 2.24) is 10.2 Å². The molecule has 1 saturated carbocycles. The predicted octanol–water partition coefficient (Wildman–Crippen LogP) is 4.25. The molecule has 7 nitrogen and oxygen atoms in total. The number of amides is 1. The van der Waals surface area contributed by atoms with Gasteiger partial charge in [-0.1, -0.05) is 0 Å². The van der Waals surface area contributed by atoms with Crippen LogP contribution < -0.4 is 5.32 Å². The van der Waals surface area contributed by atoms with E-state index in [1.54, 1.807) is 25.7 Å². The topological polar surface area (TPSA) is 84.9 Å². The molecule has 1 fully saturated rings. The first-order valence-electron chi connectivity index (χ1n) is 10.8. The van der Waals surface area contributed by atoms with E-state index in [4.69, 9.17) is 9.47 Å². The number of halogens is 4. The van der Waals surface area contributed by atoms with Crippen LogP contribution >= 0.6 is 0 Å². The number of esters is 1. The molecule has 1 aliphatic rings. The quantitative estimate of drug-likeness (QED) is 0.0818. The Balaban J connectivity index is 2.33.